The Hall–Kier alpha value is -2.53. The molecule has 8 atom stereocenters. The highest BCUT2D eigenvalue weighted by atomic mass is 16.7. The first-order valence-electron chi connectivity index (χ1n) is 14.2. The van der Waals surface area contributed by atoms with Crippen molar-refractivity contribution in [3.63, 3.8) is 0 Å². The zero-order valence-corrected chi connectivity index (χ0v) is 25.5. The molecule has 1 aromatic heterocycles. The van der Waals surface area contributed by atoms with Gasteiger partial charge in [-0.05, 0) is 58.1 Å². The van der Waals surface area contributed by atoms with Crippen LogP contribution in [0.1, 0.15) is 64.9 Å². The van der Waals surface area contributed by atoms with Gasteiger partial charge in [0.25, 0.3) is 5.95 Å². The second-order valence-electron chi connectivity index (χ2n) is 10.8. The summed E-state index contributed by atoms with van der Waals surface area (Å²) in [5.74, 6) is 0.819. The molecule has 2 rings (SSSR count). The molecule has 0 radical (unpaired) electrons. The minimum Gasteiger partial charge on any atom is -0.468 e. The van der Waals surface area contributed by atoms with Crippen LogP contribution in [-0.2, 0) is 15.9 Å². The lowest BCUT2D eigenvalue weighted by atomic mass is 9.94. The van der Waals surface area contributed by atoms with E-state index in [0.717, 1.165) is 17.6 Å². The SMILES string of the molecule is C/C=C(\C)C(OC1OC(CO)C(O)C(O)C1O)C(C)/C=C(C)/C=C/CC(C)/C=C/c1oc(OC)c(CC)c(=O)c1C. The molecule has 0 aliphatic carbocycles. The monoisotopic (exact) mass is 576 g/mol. The molecule has 4 N–H and O–H groups in total. The zero-order valence-electron chi connectivity index (χ0n) is 25.5. The van der Waals surface area contributed by atoms with E-state index in [0.29, 0.717) is 23.3 Å². The smallest absolute Gasteiger partial charge is 0.291 e. The van der Waals surface area contributed by atoms with Gasteiger partial charge in [0.2, 0.25) is 0 Å². The molecule has 9 nitrogen and oxygen atoms in total. The molecule has 230 valence electrons. The summed E-state index contributed by atoms with van der Waals surface area (Å²) in [6.07, 6.45) is 6.08. The summed E-state index contributed by atoms with van der Waals surface area (Å²) in [6.45, 7) is 13.0. The van der Waals surface area contributed by atoms with E-state index in [-0.39, 0.29) is 23.2 Å². The molecular weight excluding hydrogens is 528 g/mol. The van der Waals surface area contributed by atoms with Crippen LogP contribution in [0.15, 0.2) is 50.7 Å². The molecule has 1 aromatic rings. The number of ether oxygens (including phenoxy) is 3. The minimum absolute atomic E-state index is 0.0559. The van der Waals surface area contributed by atoms with Crippen LogP contribution in [0.2, 0.25) is 0 Å². The molecule has 0 bridgehead atoms. The van der Waals surface area contributed by atoms with Gasteiger partial charge in [-0.2, -0.15) is 0 Å². The highest BCUT2D eigenvalue weighted by molar-refractivity contribution is 5.49. The van der Waals surface area contributed by atoms with Gasteiger partial charge in [0.1, 0.15) is 30.2 Å². The molecule has 1 fully saturated rings. The van der Waals surface area contributed by atoms with Crippen molar-refractivity contribution in [2.24, 2.45) is 11.8 Å². The van der Waals surface area contributed by atoms with Crippen molar-refractivity contribution in [2.75, 3.05) is 13.7 Å². The summed E-state index contributed by atoms with van der Waals surface area (Å²) in [6, 6.07) is 0. The Labute approximate surface area is 243 Å². The predicted octanol–water partition coefficient (Wildman–Crippen LogP) is 3.85. The normalized spacial score (nSPS) is 26.5. The topological polar surface area (TPSA) is 139 Å². The summed E-state index contributed by atoms with van der Waals surface area (Å²) in [7, 11) is 1.49. The maximum atomic E-state index is 12.6. The van der Waals surface area contributed by atoms with Crippen LogP contribution >= 0.6 is 0 Å². The van der Waals surface area contributed by atoms with E-state index in [1.165, 1.54) is 7.11 Å². The molecule has 0 amide bonds. The Balaban J connectivity index is 2.08. The maximum absolute atomic E-state index is 12.6. The lowest BCUT2D eigenvalue weighted by Gasteiger charge is -2.41. The highest BCUT2D eigenvalue weighted by Gasteiger charge is 2.45. The Morgan fingerprint density at radius 2 is 1.80 bits per heavy atom. The fourth-order valence-electron chi connectivity index (χ4n) is 4.79. The first kappa shape index (κ1) is 34.7. The molecular formula is C32H48O9. The Kier molecular flexibility index (Phi) is 13.7. The molecule has 2 heterocycles. The van der Waals surface area contributed by atoms with E-state index in [4.69, 9.17) is 18.6 Å². The third kappa shape index (κ3) is 8.98. The summed E-state index contributed by atoms with van der Waals surface area (Å²) < 4.78 is 22.7. The van der Waals surface area contributed by atoms with Crippen LogP contribution in [0.4, 0.5) is 0 Å². The summed E-state index contributed by atoms with van der Waals surface area (Å²) in [4.78, 5) is 12.6. The number of hydrogen-bond acceptors (Lipinski definition) is 9. The maximum Gasteiger partial charge on any atom is 0.291 e. The van der Waals surface area contributed by atoms with Crippen LogP contribution in [0.25, 0.3) is 6.08 Å². The van der Waals surface area contributed by atoms with Gasteiger partial charge in [-0.15, -0.1) is 0 Å². The van der Waals surface area contributed by atoms with Crippen LogP contribution in [0, 0.1) is 18.8 Å². The van der Waals surface area contributed by atoms with Crippen LogP contribution in [0.5, 0.6) is 5.95 Å². The van der Waals surface area contributed by atoms with Gasteiger partial charge in [0.05, 0.1) is 25.4 Å². The average Bonchev–Trinajstić information content (AvgIpc) is 2.95. The number of hydrogen-bond donors (Lipinski definition) is 4. The predicted molar refractivity (Wildman–Crippen MR) is 159 cm³/mol. The lowest BCUT2D eigenvalue weighted by molar-refractivity contribution is -0.310. The standard InChI is InChI=1S/C32H48O9/c1-9-20(5)30(41-32-29(37)28(36)27(35)25(17-33)40-32)21(6)16-19(4)13-11-12-18(3)14-15-24-22(7)26(34)23(10-2)31(38-8)39-24/h9,11,13-16,18,21,25,27-30,32-33,35-37H,10,12,17H2,1-8H3/b13-11+,15-14+,19-16+,20-9+. The van der Waals surface area contributed by atoms with Gasteiger partial charge in [0.15, 0.2) is 11.7 Å². The number of methoxy groups -OCH3 is 1. The minimum atomic E-state index is -1.50. The van der Waals surface area contributed by atoms with E-state index >= 15 is 0 Å². The van der Waals surface area contributed by atoms with Gasteiger partial charge in [-0.1, -0.05) is 56.7 Å². The van der Waals surface area contributed by atoms with Gasteiger partial charge in [-0.3, -0.25) is 4.79 Å². The Morgan fingerprint density at radius 3 is 2.39 bits per heavy atom. The van der Waals surface area contributed by atoms with E-state index in [2.05, 4.69) is 19.1 Å². The van der Waals surface area contributed by atoms with Crippen molar-refractivity contribution in [3.05, 3.63) is 68.6 Å². The number of rotatable bonds is 13. The van der Waals surface area contributed by atoms with Crippen molar-refractivity contribution in [2.45, 2.75) is 98.1 Å². The lowest BCUT2D eigenvalue weighted by Crippen LogP contribution is -2.60. The second kappa shape index (κ2) is 16.2. The van der Waals surface area contributed by atoms with Crippen molar-refractivity contribution in [3.8, 4) is 5.95 Å². The van der Waals surface area contributed by atoms with E-state index < -0.39 is 43.4 Å². The number of aliphatic hydroxyl groups excluding tert-OH is 4. The van der Waals surface area contributed by atoms with Crippen molar-refractivity contribution < 1.29 is 39.1 Å². The Bertz CT molecular complexity index is 1160. The molecule has 41 heavy (non-hydrogen) atoms. The van der Waals surface area contributed by atoms with E-state index in [1.807, 2.05) is 58.9 Å². The summed E-state index contributed by atoms with van der Waals surface area (Å²) in [5.41, 5.74) is 2.97. The van der Waals surface area contributed by atoms with E-state index in [9.17, 15) is 25.2 Å². The third-order valence-electron chi connectivity index (χ3n) is 7.47. The fourth-order valence-corrected chi connectivity index (χ4v) is 4.79. The fraction of sp³-hybridized carbons (Fsp3) is 0.594. The van der Waals surface area contributed by atoms with Crippen LogP contribution in [0.3, 0.4) is 0 Å². The van der Waals surface area contributed by atoms with Gasteiger partial charge in [-0.25, -0.2) is 0 Å². The molecule has 0 aromatic carbocycles. The van der Waals surface area contributed by atoms with Crippen molar-refractivity contribution in [1.29, 1.82) is 0 Å². The molecule has 9 heteroatoms. The molecule has 1 aliphatic heterocycles. The first-order valence-corrected chi connectivity index (χ1v) is 14.2. The second-order valence-corrected chi connectivity index (χ2v) is 10.8. The number of allylic oxidation sites excluding steroid dienone is 5. The molecule has 8 unspecified atom stereocenters. The van der Waals surface area contributed by atoms with Crippen LogP contribution < -0.4 is 10.2 Å². The largest absolute Gasteiger partial charge is 0.468 e. The summed E-state index contributed by atoms with van der Waals surface area (Å²) >= 11 is 0. The van der Waals surface area contributed by atoms with Gasteiger partial charge >= 0.3 is 0 Å². The van der Waals surface area contributed by atoms with Crippen molar-refractivity contribution >= 4 is 6.08 Å². The molecule has 1 saturated heterocycles. The molecule has 0 spiro atoms. The van der Waals surface area contributed by atoms with Gasteiger partial charge < -0.3 is 39.1 Å². The highest BCUT2D eigenvalue weighted by Crippen LogP contribution is 2.28. The first-order chi connectivity index (χ1) is 19.4. The van der Waals surface area contributed by atoms with Crippen LogP contribution in [-0.4, -0.2) is 71.0 Å². The molecule has 0 saturated carbocycles. The average molecular weight is 577 g/mol. The van der Waals surface area contributed by atoms with Gasteiger partial charge in [0, 0.05) is 11.5 Å². The Morgan fingerprint density at radius 1 is 1.12 bits per heavy atom. The third-order valence-corrected chi connectivity index (χ3v) is 7.47. The molecule has 1 aliphatic rings. The zero-order chi connectivity index (χ0) is 30.9. The summed E-state index contributed by atoms with van der Waals surface area (Å²) in [5, 5.41) is 40.1. The quantitative estimate of drug-likeness (QED) is 0.204. The van der Waals surface area contributed by atoms with E-state index in [1.54, 1.807) is 6.92 Å². The number of aliphatic hydroxyl groups is 4. The van der Waals surface area contributed by atoms with Crippen molar-refractivity contribution in [1.82, 2.24) is 0 Å².